The van der Waals surface area contributed by atoms with Crippen LogP contribution in [-0.4, -0.2) is 34.8 Å². The van der Waals surface area contributed by atoms with E-state index in [-0.39, 0.29) is 11.6 Å². The maximum atomic E-state index is 11.5. The van der Waals surface area contributed by atoms with E-state index in [0.717, 1.165) is 42.2 Å². The third kappa shape index (κ3) is 7.51. The van der Waals surface area contributed by atoms with Crippen molar-refractivity contribution < 1.29 is 9.53 Å². The number of thiazole rings is 1. The molecular formula is C18H26N4O2S. The fraction of sp³-hybridized carbons (Fsp3) is 0.500. The highest BCUT2D eigenvalue weighted by Crippen LogP contribution is 2.24. The summed E-state index contributed by atoms with van der Waals surface area (Å²) in [5.41, 5.74) is 1.78. The van der Waals surface area contributed by atoms with Crippen LogP contribution in [0.15, 0.2) is 29.9 Å². The van der Waals surface area contributed by atoms with Crippen LogP contribution in [0.2, 0.25) is 0 Å². The van der Waals surface area contributed by atoms with Gasteiger partial charge in [0.15, 0.2) is 5.13 Å². The van der Waals surface area contributed by atoms with Crippen LogP contribution in [0, 0.1) is 0 Å². The van der Waals surface area contributed by atoms with Crippen molar-refractivity contribution in [3.63, 3.8) is 0 Å². The van der Waals surface area contributed by atoms with Gasteiger partial charge in [0, 0.05) is 35.4 Å². The Kier molecular flexibility index (Phi) is 7.18. The summed E-state index contributed by atoms with van der Waals surface area (Å²) in [6.07, 6.45) is 6.06. The standard InChI is InChI=1S/C18H26N4O2S/c1-18(2,3)22-17(23)24-12-6-4-5-9-20-16-21-15(13-25-16)14-7-10-19-11-8-14/h7-8,10-11,13H,4-6,9,12H2,1-3H3,(H,20,21)(H,22,23). The number of pyridine rings is 1. The normalized spacial score (nSPS) is 11.2. The lowest BCUT2D eigenvalue weighted by Crippen LogP contribution is -2.41. The molecule has 2 N–H and O–H groups in total. The minimum absolute atomic E-state index is 0.260. The molecule has 2 aromatic heterocycles. The number of alkyl carbamates (subject to hydrolysis) is 1. The molecule has 0 unspecified atom stereocenters. The predicted molar refractivity (Wildman–Crippen MR) is 102 cm³/mol. The monoisotopic (exact) mass is 362 g/mol. The second kappa shape index (κ2) is 9.36. The Labute approximate surface area is 153 Å². The molecule has 25 heavy (non-hydrogen) atoms. The minimum atomic E-state index is -0.350. The van der Waals surface area contributed by atoms with E-state index in [2.05, 4.69) is 20.6 Å². The van der Waals surface area contributed by atoms with Gasteiger partial charge in [-0.1, -0.05) is 0 Å². The lowest BCUT2D eigenvalue weighted by molar-refractivity contribution is 0.135. The molecule has 1 amide bonds. The van der Waals surface area contributed by atoms with Crippen molar-refractivity contribution in [3.05, 3.63) is 29.9 Å². The Bertz CT molecular complexity index is 653. The first kappa shape index (κ1) is 19.2. The van der Waals surface area contributed by atoms with Crippen LogP contribution < -0.4 is 10.6 Å². The van der Waals surface area contributed by atoms with Gasteiger partial charge in [-0.05, 0) is 52.2 Å². The highest BCUT2D eigenvalue weighted by Gasteiger charge is 2.14. The van der Waals surface area contributed by atoms with E-state index >= 15 is 0 Å². The van der Waals surface area contributed by atoms with Gasteiger partial charge >= 0.3 is 6.09 Å². The fourth-order valence-electron chi connectivity index (χ4n) is 2.12. The molecule has 2 aromatic rings. The summed E-state index contributed by atoms with van der Waals surface area (Å²) in [7, 11) is 0. The largest absolute Gasteiger partial charge is 0.450 e. The van der Waals surface area contributed by atoms with Crippen LogP contribution in [0.1, 0.15) is 40.0 Å². The Morgan fingerprint density at radius 3 is 2.68 bits per heavy atom. The van der Waals surface area contributed by atoms with Gasteiger partial charge in [0.2, 0.25) is 0 Å². The van der Waals surface area contributed by atoms with Crippen LogP contribution in [0.25, 0.3) is 11.3 Å². The first-order chi connectivity index (χ1) is 11.9. The van der Waals surface area contributed by atoms with Crippen LogP contribution in [0.5, 0.6) is 0 Å². The SMILES string of the molecule is CC(C)(C)NC(=O)OCCCCCNc1nc(-c2ccncc2)cs1. The molecule has 0 aliphatic carbocycles. The molecule has 0 aliphatic heterocycles. The first-order valence-corrected chi connectivity index (χ1v) is 9.37. The van der Waals surface area contributed by atoms with Crippen molar-refractivity contribution in [2.45, 2.75) is 45.6 Å². The summed E-state index contributed by atoms with van der Waals surface area (Å²) in [4.78, 5) is 20.1. The molecule has 0 atom stereocenters. The van der Waals surface area contributed by atoms with E-state index < -0.39 is 0 Å². The van der Waals surface area contributed by atoms with Gasteiger partial charge < -0.3 is 15.4 Å². The molecule has 2 heterocycles. The number of amides is 1. The zero-order valence-electron chi connectivity index (χ0n) is 15.0. The number of aromatic nitrogens is 2. The van der Waals surface area contributed by atoms with Crippen LogP contribution in [-0.2, 0) is 4.74 Å². The molecule has 6 nitrogen and oxygen atoms in total. The number of carbonyl (C=O) groups is 1. The summed E-state index contributed by atoms with van der Waals surface area (Å²) in [6, 6.07) is 3.91. The summed E-state index contributed by atoms with van der Waals surface area (Å²) in [6.45, 7) is 7.10. The number of nitrogens with zero attached hydrogens (tertiary/aromatic N) is 2. The Morgan fingerprint density at radius 1 is 1.20 bits per heavy atom. The van der Waals surface area contributed by atoms with Gasteiger partial charge in [0.05, 0.1) is 12.3 Å². The summed E-state index contributed by atoms with van der Waals surface area (Å²) in [5, 5.41) is 9.08. The third-order valence-electron chi connectivity index (χ3n) is 3.29. The molecule has 0 saturated heterocycles. The quantitative estimate of drug-likeness (QED) is 0.684. The molecule has 0 radical (unpaired) electrons. The molecule has 0 saturated carbocycles. The van der Waals surface area contributed by atoms with Crippen LogP contribution in [0.3, 0.4) is 0 Å². The van der Waals surface area contributed by atoms with Crippen molar-refractivity contribution in [2.75, 3.05) is 18.5 Å². The molecular weight excluding hydrogens is 336 g/mol. The maximum absolute atomic E-state index is 11.5. The molecule has 7 heteroatoms. The van der Waals surface area contributed by atoms with Crippen molar-refractivity contribution in [1.82, 2.24) is 15.3 Å². The summed E-state index contributed by atoms with van der Waals surface area (Å²) < 4.78 is 5.15. The van der Waals surface area contributed by atoms with E-state index in [1.807, 2.05) is 38.3 Å². The Hall–Kier alpha value is -2.15. The Morgan fingerprint density at radius 2 is 1.96 bits per heavy atom. The number of unbranched alkanes of at least 4 members (excludes halogenated alkanes) is 2. The maximum Gasteiger partial charge on any atom is 0.407 e. The molecule has 0 fully saturated rings. The van der Waals surface area contributed by atoms with E-state index in [0.29, 0.717) is 6.61 Å². The van der Waals surface area contributed by atoms with Gasteiger partial charge in [0.25, 0.3) is 0 Å². The van der Waals surface area contributed by atoms with Gasteiger partial charge in [-0.15, -0.1) is 11.3 Å². The van der Waals surface area contributed by atoms with Crippen molar-refractivity contribution in [1.29, 1.82) is 0 Å². The minimum Gasteiger partial charge on any atom is -0.450 e. The van der Waals surface area contributed by atoms with Crippen molar-refractivity contribution in [2.24, 2.45) is 0 Å². The van der Waals surface area contributed by atoms with E-state index in [1.165, 1.54) is 0 Å². The number of carbonyl (C=O) groups excluding carboxylic acids is 1. The zero-order chi connectivity index (χ0) is 18.1. The molecule has 0 aliphatic rings. The molecule has 0 spiro atoms. The molecule has 0 aromatic carbocycles. The van der Waals surface area contributed by atoms with Crippen molar-refractivity contribution >= 4 is 22.6 Å². The van der Waals surface area contributed by atoms with Crippen LogP contribution in [0.4, 0.5) is 9.93 Å². The zero-order valence-corrected chi connectivity index (χ0v) is 15.9. The number of hydrogen-bond acceptors (Lipinski definition) is 6. The average molecular weight is 362 g/mol. The second-order valence-electron chi connectivity index (χ2n) is 6.77. The van der Waals surface area contributed by atoms with Crippen LogP contribution >= 0.6 is 11.3 Å². The van der Waals surface area contributed by atoms with Gasteiger partial charge in [-0.25, -0.2) is 9.78 Å². The molecule has 2 rings (SSSR count). The fourth-order valence-corrected chi connectivity index (χ4v) is 2.86. The predicted octanol–water partition coefficient (Wildman–Crippen LogP) is 4.31. The third-order valence-corrected chi connectivity index (χ3v) is 4.09. The molecule has 136 valence electrons. The van der Waals surface area contributed by atoms with Gasteiger partial charge in [-0.3, -0.25) is 4.98 Å². The lowest BCUT2D eigenvalue weighted by Gasteiger charge is -2.19. The number of rotatable bonds is 8. The average Bonchev–Trinajstić information content (AvgIpc) is 3.02. The van der Waals surface area contributed by atoms with E-state index in [4.69, 9.17) is 4.74 Å². The highest BCUT2D eigenvalue weighted by molar-refractivity contribution is 7.14. The highest BCUT2D eigenvalue weighted by atomic mass is 32.1. The topological polar surface area (TPSA) is 76.1 Å². The number of nitrogens with one attached hydrogen (secondary N) is 2. The summed E-state index contributed by atoms with van der Waals surface area (Å²) in [5.74, 6) is 0. The smallest absolute Gasteiger partial charge is 0.407 e. The van der Waals surface area contributed by atoms with E-state index in [1.54, 1.807) is 23.7 Å². The number of anilines is 1. The number of ether oxygens (including phenoxy) is 1. The van der Waals surface area contributed by atoms with Gasteiger partial charge in [0.1, 0.15) is 0 Å². The lowest BCUT2D eigenvalue weighted by atomic mass is 10.1. The van der Waals surface area contributed by atoms with Gasteiger partial charge in [-0.2, -0.15) is 0 Å². The van der Waals surface area contributed by atoms with Crippen molar-refractivity contribution in [3.8, 4) is 11.3 Å². The Balaban J connectivity index is 1.57. The number of hydrogen-bond donors (Lipinski definition) is 2. The van der Waals surface area contributed by atoms with E-state index in [9.17, 15) is 4.79 Å². The second-order valence-corrected chi connectivity index (χ2v) is 7.63. The summed E-state index contributed by atoms with van der Waals surface area (Å²) >= 11 is 1.60. The first-order valence-electron chi connectivity index (χ1n) is 8.49. The molecule has 0 bridgehead atoms.